The highest BCUT2D eigenvalue weighted by Crippen LogP contribution is 2.18. The Morgan fingerprint density at radius 3 is 3.14 bits per heavy atom. The number of esters is 1. The van der Waals surface area contributed by atoms with Crippen molar-refractivity contribution in [1.29, 1.82) is 0 Å². The van der Waals surface area contributed by atoms with E-state index in [0.717, 1.165) is 11.7 Å². The zero-order chi connectivity index (χ0) is 10.4. The maximum atomic E-state index is 11.0. The van der Waals surface area contributed by atoms with E-state index in [4.69, 9.17) is 4.74 Å². The highest BCUT2D eigenvalue weighted by atomic mass is 32.2. The number of thioether (sulfide) groups is 1. The molecule has 0 aliphatic carbocycles. The first kappa shape index (κ1) is 11.4. The van der Waals surface area contributed by atoms with Crippen LogP contribution in [0, 0.1) is 0 Å². The second-order valence-electron chi connectivity index (χ2n) is 3.06. The molecule has 0 saturated heterocycles. The zero-order valence-electron chi connectivity index (χ0n) is 8.58. The monoisotopic (exact) mass is 216 g/mol. The fraction of sp³-hybridized carbons (Fsp3) is 0.778. The van der Waals surface area contributed by atoms with E-state index in [2.05, 4.69) is 17.2 Å². The highest BCUT2D eigenvalue weighted by molar-refractivity contribution is 8.14. The number of carbonyl (C=O) groups excluding carboxylic acids is 1. The smallest absolute Gasteiger partial charge is 0.307 e. The summed E-state index contributed by atoms with van der Waals surface area (Å²) in [5.74, 6) is -0.156. The first-order valence-electron chi connectivity index (χ1n) is 4.83. The molecule has 0 aromatic carbocycles. The Balaban J connectivity index is 2.07. The third-order valence-corrected chi connectivity index (χ3v) is 2.76. The van der Waals surface area contributed by atoms with E-state index in [9.17, 15) is 4.79 Å². The number of hydrogen-bond donors (Lipinski definition) is 1. The first-order chi connectivity index (χ1) is 6.72. The molecule has 1 aliphatic rings. The summed E-state index contributed by atoms with van der Waals surface area (Å²) in [6, 6.07) is 0. The van der Waals surface area contributed by atoms with E-state index in [0.29, 0.717) is 24.8 Å². The second kappa shape index (κ2) is 5.90. The minimum atomic E-state index is -0.156. The molecule has 0 saturated carbocycles. The van der Waals surface area contributed by atoms with Crippen molar-refractivity contribution in [3.05, 3.63) is 0 Å². The predicted molar refractivity (Wildman–Crippen MR) is 58.6 cm³/mol. The predicted octanol–water partition coefficient (Wildman–Crippen LogP) is 1.02. The minimum absolute atomic E-state index is 0.156. The van der Waals surface area contributed by atoms with Gasteiger partial charge in [-0.3, -0.25) is 9.79 Å². The summed E-state index contributed by atoms with van der Waals surface area (Å²) in [6.45, 7) is 5.87. The number of aliphatic imine (C=N–C) groups is 1. The Labute approximate surface area is 88.5 Å². The SMILES string of the molecule is CCOC(=O)CCNC1=NCC(C)S1. The Kier molecular flexibility index (Phi) is 4.79. The van der Waals surface area contributed by atoms with Gasteiger partial charge in [-0.05, 0) is 6.92 Å². The molecule has 0 aromatic heterocycles. The van der Waals surface area contributed by atoms with E-state index < -0.39 is 0 Å². The topological polar surface area (TPSA) is 50.7 Å². The molecular formula is C9H16N2O2S. The molecule has 0 spiro atoms. The lowest BCUT2D eigenvalue weighted by molar-refractivity contribution is -0.142. The van der Waals surface area contributed by atoms with E-state index in [1.54, 1.807) is 11.8 Å². The van der Waals surface area contributed by atoms with Crippen molar-refractivity contribution in [3.8, 4) is 0 Å². The van der Waals surface area contributed by atoms with Crippen LogP contribution in [0.4, 0.5) is 0 Å². The van der Waals surface area contributed by atoms with Crippen LogP contribution >= 0.6 is 11.8 Å². The summed E-state index contributed by atoms with van der Waals surface area (Å²) in [7, 11) is 0. The van der Waals surface area contributed by atoms with Crippen LogP contribution in [0.3, 0.4) is 0 Å². The van der Waals surface area contributed by atoms with Crippen molar-refractivity contribution >= 4 is 22.9 Å². The van der Waals surface area contributed by atoms with Crippen LogP contribution in [0.25, 0.3) is 0 Å². The molecule has 0 amide bonds. The highest BCUT2D eigenvalue weighted by Gasteiger charge is 2.14. The van der Waals surface area contributed by atoms with Crippen LogP contribution < -0.4 is 5.32 Å². The van der Waals surface area contributed by atoms with Gasteiger partial charge in [0.05, 0.1) is 19.6 Å². The molecule has 14 heavy (non-hydrogen) atoms. The molecule has 0 radical (unpaired) electrons. The van der Waals surface area contributed by atoms with Crippen molar-refractivity contribution in [2.24, 2.45) is 4.99 Å². The summed E-state index contributed by atoms with van der Waals surface area (Å²) < 4.78 is 4.80. The number of carbonyl (C=O) groups is 1. The standard InChI is InChI=1S/C9H16N2O2S/c1-3-13-8(12)4-5-10-9-11-6-7(2)14-9/h7H,3-6H2,1-2H3,(H,10,11). The summed E-state index contributed by atoms with van der Waals surface area (Å²) >= 11 is 1.72. The van der Waals surface area contributed by atoms with Crippen molar-refractivity contribution in [1.82, 2.24) is 5.32 Å². The van der Waals surface area contributed by atoms with Crippen LogP contribution in [0.2, 0.25) is 0 Å². The maximum Gasteiger partial charge on any atom is 0.307 e. The number of ether oxygens (including phenoxy) is 1. The molecule has 1 unspecified atom stereocenters. The van der Waals surface area contributed by atoms with Gasteiger partial charge < -0.3 is 10.1 Å². The lowest BCUT2D eigenvalue weighted by atomic mass is 10.4. The van der Waals surface area contributed by atoms with Gasteiger partial charge in [0.1, 0.15) is 0 Å². The normalized spacial score (nSPS) is 20.4. The third kappa shape index (κ3) is 4.00. The molecule has 1 heterocycles. The van der Waals surface area contributed by atoms with Gasteiger partial charge in [-0.15, -0.1) is 0 Å². The van der Waals surface area contributed by atoms with Crippen LogP contribution in [-0.4, -0.2) is 36.1 Å². The van der Waals surface area contributed by atoms with E-state index >= 15 is 0 Å². The Hall–Kier alpha value is -0.710. The van der Waals surface area contributed by atoms with Gasteiger partial charge in [0.25, 0.3) is 0 Å². The Bertz CT molecular complexity index is 231. The number of nitrogens with one attached hydrogen (secondary N) is 1. The number of rotatable bonds is 4. The number of hydrogen-bond acceptors (Lipinski definition) is 5. The molecule has 1 N–H and O–H groups in total. The number of nitrogens with zero attached hydrogens (tertiary/aromatic N) is 1. The van der Waals surface area contributed by atoms with E-state index in [-0.39, 0.29) is 5.97 Å². The van der Waals surface area contributed by atoms with Crippen molar-refractivity contribution in [3.63, 3.8) is 0 Å². The number of amidine groups is 1. The van der Waals surface area contributed by atoms with Crippen LogP contribution in [0.5, 0.6) is 0 Å². The summed E-state index contributed by atoms with van der Waals surface area (Å²) in [4.78, 5) is 15.2. The fourth-order valence-corrected chi connectivity index (χ4v) is 1.94. The van der Waals surface area contributed by atoms with Crippen LogP contribution in [0.15, 0.2) is 4.99 Å². The zero-order valence-corrected chi connectivity index (χ0v) is 9.39. The molecule has 1 atom stereocenters. The van der Waals surface area contributed by atoms with E-state index in [1.807, 2.05) is 6.92 Å². The molecule has 80 valence electrons. The summed E-state index contributed by atoms with van der Waals surface area (Å²) in [5, 5.41) is 4.62. The molecule has 0 fully saturated rings. The Morgan fingerprint density at radius 1 is 1.79 bits per heavy atom. The first-order valence-corrected chi connectivity index (χ1v) is 5.71. The summed E-state index contributed by atoms with van der Waals surface area (Å²) in [6.07, 6.45) is 0.405. The molecule has 1 aliphatic heterocycles. The fourth-order valence-electron chi connectivity index (χ4n) is 1.08. The average Bonchev–Trinajstić information content (AvgIpc) is 2.52. The van der Waals surface area contributed by atoms with Gasteiger partial charge in [0.2, 0.25) is 0 Å². The van der Waals surface area contributed by atoms with Gasteiger partial charge >= 0.3 is 5.97 Å². The Morgan fingerprint density at radius 2 is 2.57 bits per heavy atom. The van der Waals surface area contributed by atoms with Crippen LogP contribution in [0.1, 0.15) is 20.3 Å². The molecule has 1 rings (SSSR count). The lowest BCUT2D eigenvalue weighted by Gasteiger charge is -2.05. The third-order valence-electron chi connectivity index (χ3n) is 1.72. The van der Waals surface area contributed by atoms with Gasteiger partial charge in [-0.1, -0.05) is 18.7 Å². The largest absolute Gasteiger partial charge is 0.466 e. The van der Waals surface area contributed by atoms with Crippen molar-refractivity contribution < 1.29 is 9.53 Å². The van der Waals surface area contributed by atoms with Crippen LogP contribution in [-0.2, 0) is 9.53 Å². The molecule has 4 nitrogen and oxygen atoms in total. The van der Waals surface area contributed by atoms with Gasteiger partial charge in [0.15, 0.2) is 5.17 Å². The van der Waals surface area contributed by atoms with E-state index in [1.165, 1.54) is 0 Å². The molecule has 0 bridgehead atoms. The van der Waals surface area contributed by atoms with Gasteiger partial charge in [-0.25, -0.2) is 0 Å². The minimum Gasteiger partial charge on any atom is -0.466 e. The van der Waals surface area contributed by atoms with Crippen molar-refractivity contribution in [2.45, 2.75) is 25.5 Å². The summed E-state index contributed by atoms with van der Waals surface area (Å²) in [5.41, 5.74) is 0. The quantitative estimate of drug-likeness (QED) is 0.713. The molecule has 0 aromatic rings. The van der Waals surface area contributed by atoms with Gasteiger partial charge in [0, 0.05) is 11.8 Å². The van der Waals surface area contributed by atoms with Gasteiger partial charge in [-0.2, -0.15) is 0 Å². The molecule has 5 heteroatoms. The van der Waals surface area contributed by atoms with Crippen molar-refractivity contribution in [2.75, 3.05) is 19.7 Å². The molecular weight excluding hydrogens is 200 g/mol. The average molecular weight is 216 g/mol. The maximum absolute atomic E-state index is 11.0. The lowest BCUT2D eigenvalue weighted by Crippen LogP contribution is -2.23. The second-order valence-corrected chi connectivity index (χ2v) is 4.48.